The number of likely N-dealkylation sites (tertiary alicyclic amines) is 1. The van der Waals surface area contributed by atoms with Crippen LogP contribution in [0.1, 0.15) is 28.1 Å². The zero-order chi connectivity index (χ0) is 18.8. The van der Waals surface area contributed by atoms with Gasteiger partial charge in [-0.25, -0.2) is 14.3 Å². The van der Waals surface area contributed by atoms with E-state index < -0.39 is 0 Å². The Kier molecular flexibility index (Phi) is 4.85. The van der Waals surface area contributed by atoms with Crippen molar-refractivity contribution in [3.63, 3.8) is 0 Å². The fourth-order valence-electron chi connectivity index (χ4n) is 3.32. The van der Waals surface area contributed by atoms with Gasteiger partial charge >= 0.3 is 0 Å². The highest BCUT2D eigenvalue weighted by Crippen LogP contribution is 2.23. The number of thiophene rings is 1. The summed E-state index contributed by atoms with van der Waals surface area (Å²) >= 11 is 1.50. The molecule has 0 aromatic carbocycles. The summed E-state index contributed by atoms with van der Waals surface area (Å²) in [4.78, 5) is 31.4. The number of aryl methyl sites for hydroxylation is 1. The lowest BCUT2D eigenvalue weighted by molar-refractivity contribution is 0.0684. The van der Waals surface area contributed by atoms with Crippen LogP contribution in [-0.2, 0) is 6.54 Å². The van der Waals surface area contributed by atoms with E-state index in [0.29, 0.717) is 31.4 Å². The summed E-state index contributed by atoms with van der Waals surface area (Å²) in [5.74, 6) is 0.993. The minimum atomic E-state index is -0.133. The maximum absolute atomic E-state index is 12.6. The van der Waals surface area contributed by atoms with Gasteiger partial charge in [-0.1, -0.05) is 0 Å². The highest BCUT2D eigenvalue weighted by molar-refractivity contribution is 7.12. The first-order valence-electron chi connectivity index (χ1n) is 8.88. The van der Waals surface area contributed by atoms with Gasteiger partial charge in [0.1, 0.15) is 12.7 Å². The fraction of sp³-hybridized carbons (Fsp3) is 0.389. The summed E-state index contributed by atoms with van der Waals surface area (Å²) in [7, 11) is 0. The number of hydrogen-bond donors (Lipinski definition) is 0. The predicted molar refractivity (Wildman–Crippen MR) is 101 cm³/mol. The van der Waals surface area contributed by atoms with E-state index in [4.69, 9.17) is 0 Å². The van der Waals surface area contributed by atoms with Crippen molar-refractivity contribution in [2.45, 2.75) is 26.3 Å². The van der Waals surface area contributed by atoms with E-state index in [1.54, 1.807) is 12.4 Å². The molecule has 1 saturated heterocycles. The van der Waals surface area contributed by atoms with E-state index in [2.05, 4.69) is 15.2 Å². The van der Waals surface area contributed by atoms with Crippen LogP contribution in [0.3, 0.4) is 0 Å². The van der Waals surface area contributed by atoms with E-state index >= 15 is 0 Å². The van der Waals surface area contributed by atoms with Crippen molar-refractivity contribution in [2.24, 2.45) is 5.92 Å². The second-order valence-corrected chi connectivity index (χ2v) is 7.64. The predicted octanol–water partition coefficient (Wildman–Crippen LogP) is 1.75. The maximum Gasteiger partial charge on any atom is 0.266 e. The van der Waals surface area contributed by atoms with Crippen LogP contribution in [0.5, 0.6) is 0 Å². The molecule has 4 rings (SSSR count). The molecule has 8 nitrogen and oxygen atoms in total. The van der Waals surface area contributed by atoms with Gasteiger partial charge in [0.2, 0.25) is 0 Å². The first kappa shape index (κ1) is 17.6. The van der Waals surface area contributed by atoms with Gasteiger partial charge in [0.05, 0.1) is 4.88 Å². The molecule has 0 N–H and O–H groups in total. The number of nitrogens with zero attached hydrogens (tertiary/aromatic N) is 6. The number of aromatic nitrogens is 5. The summed E-state index contributed by atoms with van der Waals surface area (Å²) in [6, 6.07) is 5.12. The number of carbonyl (C=O) groups is 1. The molecule has 0 unspecified atom stereocenters. The lowest BCUT2D eigenvalue weighted by Crippen LogP contribution is -2.40. The normalized spacial score (nSPS) is 15.2. The summed E-state index contributed by atoms with van der Waals surface area (Å²) < 4.78 is 3.02. The summed E-state index contributed by atoms with van der Waals surface area (Å²) in [5.41, 5.74) is 0.902. The summed E-state index contributed by atoms with van der Waals surface area (Å²) in [6.45, 7) is 3.93. The van der Waals surface area contributed by atoms with Crippen LogP contribution in [0, 0.1) is 12.8 Å². The molecule has 3 aromatic rings. The molecule has 3 aromatic heterocycles. The van der Waals surface area contributed by atoms with Crippen molar-refractivity contribution in [3.8, 4) is 5.82 Å². The summed E-state index contributed by atoms with van der Waals surface area (Å²) in [6.07, 6.45) is 4.70. The van der Waals surface area contributed by atoms with E-state index in [1.165, 1.54) is 33.1 Å². The average Bonchev–Trinajstić information content (AvgIpc) is 3.35. The quantitative estimate of drug-likeness (QED) is 0.684. The fourth-order valence-corrected chi connectivity index (χ4v) is 4.21. The van der Waals surface area contributed by atoms with Gasteiger partial charge in [-0.3, -0.25) is 9.59 Å². The molecule has 140 valence electrons. The molecule has 1 amide bonds. The van der Waals surface area contributed by atoms with Crippen LogP contribution in [0.4, 0.5) is 0 Å². The smallest absolute Gasteiger partial charge is 0.266 e. The van der Waals surface area contributed by atoms with Crippen molar-refractivity contribution in [1.82, 2.24) is 29.4 Å². The molecule has 4 heterocycles. The first-order chi connectivity index (χ1) is 13.1. The highest BCUT2D eigenvalue weighted by atomic mass is 32.1. The Hall–Kier alpha value is -2.81. The van der Waals surface area contributed by atoms with Crippen molar-refractivity contribution >= 4 is 17.2 Å². The van der Waals surface area contributed by atoms with Crippen LogP contribution in [-0.4, -0.2) is 48.4 Å². The van der Waals surface area contributed by atoms with E-state index in [-0.39, 0.29) is 11.5 Å². The molecule has 27 heavy (non-hydrogen) atoms. The molecule has 9 heteroatoms. The number of amides is 1. The van der Waals surface area contributed by atoms with Crippen molar-refractivity contribution in [1.29, 1.82) is 0 Å². The molecular formula is C18H20N6O2S. The van der Waals surface area contributed by atoms with Gasteiger partial charge in [0.15, 0.2) is 5.82 Å². The molecular weight excluding hydrogens is 364 g/mol. The molecule has 1 fully saturated rings. The molecule has 0 radical (unpaired) electrons. The van der Waals surface area contributed by atoms with Gasteiger partial charge in [0.25, 0.3) is 11.5 Å². The van der Waals surface area contributed by atoms with Crippen LogP contribution >= 0.6 is 11.3 Å². The van der Waals surface area contributed by atoms with Gasteiger partial charge in [-0.05, 0) is 48.8 Å². The van der Waals surface area contributed by atoms with Crippen LogP contribution in [0.25, 0.3) is 5.82 Å². The number of carbonyl (C=O) groups excluding carboxylic acids is 1. The lowest BCUT2D eigenvalue weighted by Gasteiger charge is -2.32. The SMILES string of the molecule is Cc1ccsc1C(=O)N1CCC(Cn2nc(-n3cncn3)ccc2=O)CC1. The van der Waals surface area contributed by atoms with Crippen molar-refractivity contribution in [3.05, 3.63) is 57.0 Å². The Morgan fingerprint density at radius 3 is 2.74 bits per heavy atom. The lowest BCUT2D eigenvalue weighted by atomic mass is 9.96. The molecule has 0 spiro atoms. The molecule has 0 bridgehead atoms. The van der Waals surface area contributed by atoms with Gasteiger partial charge in [0, 0.05) is 25.7 Å². The second-order valence-electron chi connectivity index (χ2n) is 6.72. The third-order valence-corrected chi connectivity index (χ3v) is 5.90. The van der Waals surface area contributed by atoms with Crippen LogP contribution in [0.15, 0.2) is 41.0 Å². The zero-order valence-electron chi connectivity index (χ0n) is 15.0. The number of hydrogen-bond acceptors (Lipinski definition) is 6. The van der Waals surface area contributed by atoms with Gasteiger partial charge in [-0.15, -0.1) is 16.4 Å². The Morgan fingerprint density at radius 1 is 1.26 bits per heavy atom. The number of piperidine rings is 1. The minimum Gasteiger partial charge on any atom is -0.338 e. The topological polar surface area (TPSA) is 85.9 Å². The van der Waals surface area contributed by atoms with E-state index in [1.807, 2.05) is 23.3 Å². The Balaban J connectivity index is 1.41. The van der Waals surface area contributed by atoms with Crippen LogP contribution < -0.4 is 5.56 Å². The Labute approximate surface area is 160 Å². The van der Waals surface area contributed by atoms with E-state index in [9.17, 15) is 9.59 Å². The monoisotopic (exact) mass is 384 g/mol. The molecule has 0 atom stereocenters. The van der Waals surface area contributed by atoms with Crippen LogP contribution in [0.2, 0.25) is 0 Å². The third-order valence-electron chi connectivity index (χ3n) is 4.90. The Bertz CT molecular complexity index is 985. The van der Waals surface area contributed by atoms with Crippen molar-refractivity contribution in [2.75, 3.05) is 13.1 Å². The third kappa shape index (κ3) is 3.68. The molecule has 1 aliphatic rings. The first-order valence-corrected chi connectivity index (χ1v) is 9.76. The average molecular weight is 384 g/mol. The molecule has 1 aliphatic heterocycles. The maximum atomic E-state index is 12.6. The van der Waals surface area contributed by atoms with Gasteiger partial charge in [-0.2, -0.15) is 5.10 Å². The minimum absolute atomic E-state index is 0.115. The van der Waals surface area contributed by atoms with Gasteiger partial charge < -0.3 is 4.90 Å². The second kappa shape index (κ2) is 7.43. The zero-order valence-corrected chi connectivity index (χ0v) is 15.8. The van der Waals surface area contributed by atoms with Crippen molar-refractivity contribution < 1.29 is 4.79 Å². The Morgan fingerprint density at radius 2 is 2.07 bits per heavy atom. The largest absolute Gasteiger partial charge is 0.338 e. The van der Waals surface area contributed by atoms with E-state index in [0.717, 1.165) is 23.3 Å². The molecule has 0 saturated carbocycles. The summed E-state index contributed by atoms with van der Waals surface area (Å²) in [5, 5.41) is 10.4. The molecule has 0 aliphatic carbocycles. The standard InChI is InChI=1S/C18H20N6O2S/c1-13-6-9-27-17(13)18(26)22-7-4-14(5-8-22)10-23-16(25)3-2-15(21-23)24-12-19-11-20-24/h2-3,6,9,11-12,14H,4-5,7-8,10H2,1H3. The highest BCUT2D eigenvalue weighted by Gasteiger charge is 2.25. The number of rotatable bonds is 4.